The molecule has 2 heteroatoms. The number of rotatable bonds is 0. The highest BCUT2D eigenvalue weighted by Crippen LogP contribution is 2.55. The van der Waals surface area contributed by atoms with Crippen molar-refractivity contribution in [1.82, 2.24) is 0 Å². The van der Waals surface area contributed by atoms with Crippen molar-refractivity contribution >= 4 is 18.1 Å². The molecule has 19 heavy (non-hydrogen) atoms. The zero-order valence-corrected chi connectivity index (χ0v) is 13.2. The number of benzene rings is 1. The minimum atomic E-state index is 0. The van der Waals surface area contributed by atoms with Gasteiger partial charge in [0, 0.05) is 5.69 Å². The summed E-state index contributed by atoms with van der Waals surface area (Å²) in [6.45, 7) is 6.75. The molecule has 0 saturated heterocycles. The number of aryl methyl sites for hydroxylation is 1. The summed E-state index contributed by atoms with van der Waals surface area (Å²) in [7, 11) is 0. The van der Waals surface area contributed by atoms with Gasteiger partial charge in [-0.1, -0.05) is 32.3 Å². The van der Waals surface area contributed by atoms with Gasteiger partial charge >= 0.3 is 0 Å². The maximum Gasteiger partial charge on any atom is 0.0384 e. The number of fused-ring (bicyclic) bond motifs is 2. The third-order valence-electron chi connectivity index (χ3n) is 5.51. The summed E-state index contributed by atoms with van der Waals surface area (Å²) in [6, 6.07) is 2.45. The summed E-state index contributed by atoms with van der Waals surface area (Å²) >= 11 is 0. The zero-order valence-electron chi connectivity index (χ0n) is 12.4. The lowest BCUT2D eigenvalue weighted by molar-refractivity contribution is 0.282. The molecule has 1 nitrogen and oxygen atoms in total. The highest BCUT2D eigenvalue weighted by atomic mass is 35.5. The lowest BCUT2D eigenvalue weighted by atomic mass is 9.69. The van der Waals surface area contributed by atoms with Gasteiger partial charge < -0.3 is 5.73 Å². The van der Waals surface area contributed by atoms with Crippen LogP contribution in [0.15, 0.2) is 6.07 Å². The third-order valence-corrected chi connectivity index (χ3v) is 5.51. The maximum atomic E-state index is 6.42. The number of halogens is 1. The minimum Gasteiger partial charge on any atom is -0.398 e. The molecule has 0 amide bonds. The molecule has 3 rings (SSSR count). The van der Waals surface area contributed by atoms with E-state index in [4.69, 9.17) is 5.73 Å². The molecule has 0 aliphatic heterocycles. The molecule has 1 fully saturated rings. The van der Waals surface area contributed by atoms with Crippen molar-refractivity contribution in [2.24, 2.45) is 0 Å². The van der Waals surface area contributed by atoms with E-state index in [2.05, 4.69) is 26.8 Å². The van der Waals surface area contributed by atoms with Gasteiger partial charge in [0.25, 0.3) is 0 Å². The molecular weight excluding hydrogens is 254 g/mol. The van der Waals surface area contributed by atoms with Crippen LogP contribution in [-0.4, -0.2) is 0 Å². The first-order valence-corrected chi connectivity index (χ1v) is 7.45. The second-order valence-electron chi connectivity index (χ2n) is 6.64. The van der Waals surface area contributed by atoms with Crippen LogP contribution < -0.4 is 5.73 Å². The van der Waals surface area contributed by atoms with E-state index in [-0.39, 0.29) is 12.4 Å². The second kappa shape index (κ2) is 5.01. The van der Waals surface area contributed by atoms with Crippen LogP contribution in [0.5, 0.6) is 0 Å². The molecule has 1 saturated carbocycles. The van der Waals surface area contributed by atoms with Crippen LogP contribution in [0.3, 0.4) is 0 Å². The Morgan fingerprint density at radius 1 is 1.16 bits per heavy atom. The predicted octanol–water partition coefficient (Wildman–Crippen LogP) is 5.02. The van der Waals surface area contributed by atoms with E-state index < -0.39 is 0 Å². The summed E-state index contributed by atoms with van der Waals surface area (Å²) in [4.78, 5) is 0. The Morgan fingerprint density at radius 3 is 2.42 bits per heavy atom. The average Bonchev–Trinajstić information content (AvgIpc) is 2.60. The first-order valence-electron chi connectivity index (χ1n) is 7.45. The van der Waals surface area contributed by atoms with Gasteiger partial charge in [-0.05, 0) is 66.7 Å². The molecule has 1 spiro atoms. The molecule has 1 aromatic rings. The average molecular weight is 280 g/mol. The van der Waals surface area contributed by atoms with Crippen LogP contribution in [0.4, 0.5) is 5.69 Å². The van der Waals surface area contributed by atoms with Crippen LogP contribution in [0.1, 0.15) is 73.6 Å². The number of hydrogen-bond acceptors (Lipinski definition) is 1. The molecule has 1 atom stereocenters. The van der Waals surface area contributed by atoms with Gasteiger partial charge in [0.2, 0.25) is 0 Å². The Labute approximate surface area is 123 Å². The smallest absolute Gasteiger partial charge is 0.0384 e. The van der Waals surface area contributed by atoms with Crippen molar-refractivity contribution in [2.45, 2.75) is 70.6 Å². The van der Waals surface area contributed by atoms with Gasteiger partial charge in [-0.2, -0.15) is 0 Å². The lowest BCUT2D eigenvalue weighted by Crippen LogP contribution is -2.26. The van der Waals surface area contributed by atoms with E-state index in [0.717, 1.165) is 5.69 Å². The van der Waals surface area contributed by atoms with E-state index >= 15 is 0 Å². The molecule has 1 aromatic carbocycles. The molecule has 2 N–H and O–H groups in total. The first-order chi connectivity index (χ1) is 8.55. The van der Waals surface area contributed by atoms with Crippen molar-refractivity contribution in [3.8, 4) is 0 Å². The van der Waals surface area contributed by atoms with Gasteiger partial charge in [-0.25, -0.2) is 0 Å². The predicted molar refractivity (Wildman–Crippen MR) is 85.4 cm³/mol. The van der Waals surface area contributed by atoms with E-state index in [1.807, 2.05) is 0 Å². The van der Waals surface area contributed by atoms with Crippen molar-refractivity contribution in [2.75, 3.05) is 5.73 Å². The lowest BCUT2D eigenvalue weighted by Gasteiger charge is -2.35. The highest BCUT2D eigenvalue weighted by molar-refractivity contribution is 5.85. The quantitative estimate of drug-likeness (QED) is 0.663. The van der Waals surface area contributed by atoms with Crippen molar-refractivity contribution in [3.63, 3.8) is 0 Å². The third kappa shape index (κ3) is 2.07. The first kappa shape index (κ1) is 14.7. The molecule has 0 bridgehead atoms. The Hall–Kier alpha value is -0.690. The minimum absolute atomic E-state index is 0. The monoisotopic (exact) mass is 279 g/mol. The largest absolute Gasteiger partial charge is 0.398 e. The second-order valence-corrected chi connectivity index (χ2v) is 6.64. The number of hydrogen-bond donors (Lipinski definition) is 1. The zero-order chi connectivity index (χ0) is 12.9. The topological polar surface area (TPSA) is 26.0 Å². The normalized spacial score (nSPS) is 24.1. The summed E-state index contributed by atoms with van der Waals surface area (Å²) in [6.07, 6.45) is 8.32. The Kier molecular flexibility index (Phi) is 3.88. The van der Waals surface area contributed by atoms with Crippen molar-refractivity contribution in [1.29, 1.82) is 0 Å². The Balaban J connectivity index is 0.00000133. The fourth-order valence-electron chi connectivity index (χ4n) is 4.43. The Morgan fingerprint density at radius 2 is 1.79 bits per heavy atom. The summed E-state index contributed by atoms with van der Waals surface area (Å²) < 4.78 is 0. The molecule has 0 heterocycles. The summed E-state index contributed by atoms with van der Waals surface area (Å²) in [5.41, 5.74) is 13.7. The Bertz CT molecular complexity index is 487. The summed E-state index contributed by atoms with van der Waals surface area (Å²) in [5.74, 6) is 0.650. The SMILES string of the molecule is Cc1cc2c(c(N)c1C)C(C)CC21CCCCC1.Cl. The number of nitrogen functional groups attached to an aromatic ring is 1. The fraction of sp³-hybridized carbons (Fsp3) is 0.647. The molecule has 2 aliphatic rings. The molecular formula is C17H26ClN. The van der Waals surface area contributed by atoms with Crippen LogP contribution >= 0.6 is 12.4 Å². The van der Waals surface area contributed by atoms with Gasteiger partial charge in [-0.15, -0.1) is 12.4 Å². The van der Waals surface area contributed by atoms with Crippen LogP contribution in [-0.2, 0) is 5.41 Å². The van der Waals surface area contributed by atoms with Crippen LogP contribution in [0, 0.1) is 13.8 Å². The molecule has 0 aromatic heterocycles. The standard InChI is InChI=1S/C17H25N.ClH/c1-11-9-14-15(16(18)13(11)3)12(2)10-17(14)7-5-4-6-8-17;/h9,12H,4-8,10,18H2,1-3H3;1H. The van der Waals surface area contributed by atoms with Crippen molar-refractivity contribution < 1.29 is 0 Å². The van der Waals surface area contributed by atoms with Crippen LogP contribution in [0.2, 0.25) is 0 Å². The molecule has 1 unspecified atom stereocenters. The van der Waals surface area contributed by atoms with E-state index in [1.54, 1.807) is 5.56 Å². The van der Waals surface area contributed by atoms with Gasteiger partial charge in [0.05, 0.1) is 0 Å². The van der Waals surface area contributed by atoms with Gasteiger partial charge in [-0.3, -0.25) is 0 Å². The van der Waals surface area contributed by atoms with E-state index in [0.29, 0.717) is 11.3 Å². The molecule has 0 radical (unpaired) electrons. The fourth-order valence-corrected chi connectivity index (χ4v) is 4.43. The summed E-state index contributed by atoms with van der Waals surface area (Å²) in [5, 5.41) is 0. The number of anilines is 1. The van der Waals surface area contributed by atoms with E-state index in [9.17, 15) is 0 Å². The van der Waals surface area contributed by atoms with Gasteiger partial charge in [0.1, 0.15) is 0 Å². The van der Waals surface area contributed by atoms with Crippen LogP contribution in [0.25, 0.3) is 0 Å². The van der Waals surface area contributed by atoms with Crippen molar-refractivity contribution in [3.05, 3.63) is 28.3 Å². The molecule has 106 valence electrons. The number of nitrogens with two attached hydrogens (primary N) is 1. The molecule has 2 aliphatic carbocycles. The maximum absolute atomic E-state index is 6.42. The van der Waals surface area contributed by atoms with Gasteiger partial charge in [0.15, 0.2) is 0 Å². The van der Waals surface area contributed by atoms with E-state index in [1.165, 1.54) is 55.2 Å². The highest BCUT2D eigenvalue weighted by Gasteiger charge is 2.43.